The molecule has 1 aromatic heterocycles. The standard InChI is InChI=1S/C18H21ClN4O/c1-12-4-3-7-23(10-12)18(24)16-9-17(21-11-20-16)22-14-6-5-13(2)15(19)8-14/h5-6,8-9,11-12H,3-4,7,10H2,1-2H3,(H,20,21,22). The molecule has 1 N–H and O–H groups in total. The Hall–Kier alpha value is -2.14. The van der Waals surface area contributed by atoms with Crippen LogP contribution >= 0.6 is 11.6 Å². The van der Waals surface area contributed by atoms with Crippen molar-refractivity contribution in [1.29, 1.82) is 0 Å². The summed E-state index contributed by atoms with van der Waals surface area (Å²) in [6.07, 6.45) is 3.64. The summed E-state index contributed by atoms with van der Waals surface area (Å²) in [7, 11) is 0. The molecule has 1 aliphatic heterocycles. The van der Waals surface area contributed by atoms with Gasteiger partial charge in [0.2, 0.25) is 0 Å². The molecule has 0 saturated carbocycles. The van der Waals surface area contributed by atoms with E-state index in [9.17, 15) is 4.79 Å². The average Bonchev–Trinajstić information content (AvgIpc) is 2.58. The van der Waals surface area contributed by atoms with Crippen LogP contribution in [0.15, 0.2) is 30.6 Å². The quantitative estimate of drug-likeness (QED) is 0.912. The second kappa shape index (κ2) is 7.18. The van der Waals surface area contributed by atoms with Gasteiger partial charge in [-0.05, 0) is 43.4 Å². The number of benzene rings is 1. The minimum absolute atomic E-state index is 0.0334. The van der Waals surface area contributed by atoms with Crippen LogP contribution < -0.4 is 5.32 Å². The van der Waals surface area contributed by atoms with Crippen LogP contribution in [0.4, 0.5) is 11.5 Å². The Labute approximate surface area is 147 Å². The Morgan fingerprint density at radius 1 is 1.33 bits per heavy atom. The van der Waals surface area contributed by atoms with Crippen molar-refractivity contribution < 1.29 is 4.79 Å². The highest BCUT2D eigenvalue weighted by molar-refractivity contribution is 6.31. The van der Waals surface area contributed by atoms with Gasteiger partial charge in [0.15, 0.2) is 0 Å². The summed E-state index contributed by atoms with van der Waals surface area (Å²) in [5.41, 5.74) is 2.26. The third-order valence-electron chi connectivity index (χ3n) is 4.27. The van der Waals surface area contributed by atoms with Crippen LogP contribution in [-0.4, -0.2) is 33.9 Å². The molecule has 1 fully saturated rings. The number of aryl methyl sites for hydroxylation is 1. The molecule has 2 aromatic rings. The highest BCUT2D eigenvalue weighted by Gasteiger charge is 2.23. The molecule has 0 bridgehead atoms. The summed E-state index contributed by atoms with van der Waals surface area (Å²) in [4.78, 5) is 22.9. The summed E-state index contributed by atoms with van der Waals surface area (Å²) in [6.45, 7) is 5.71. The van der Waals surface area contributed by atoms with Gasteiger partial charge >= 0.3 is 0 Å². The number of hydrogen-bond acceptors (Lipinski definition) is 4. The number of nitrogens with one attached hydrogen (secondary N) is 1. The maximum atomic E-state index is 12.6. The predicted octanol–water partition coefficient (Wildman–Crippen LogP) is 4.05. The molecule has 1 amide bonds. The molecule has 0 radical (unpaired) electrons. The first-order valence-corrected chi connectivity index (χ1v) is 8.55. The van der Waals surface area contributed by atoms with Crippen molar-refractivity contribution in [2.75, 3.05) is 18.4 Å². The number of carbonyl (C=O) groups excluding carboxylic acids is 1. The van der Waals surface area contributed by atoms with Gasteiger partial charge in [-0.2, -0.15) is 0 Å². The SMILES string of the molecule is Cc1ccc(Nc2cc(C(=O)N3CCCC(C)C3)ncn2)cc1Cl. The number of halogens is 1. The zero-order chi connectivity index (χ0) is 17.1. The highest BCUT2D eigenvalue weighted by atomic mass is 35.5. The summed E-state index contributed by atoms with van der Waals surface area (Å²) in [5, 5.41) is 3.86. The number of hydrogen-bond donors (Lipinski definition) is 1. The van der Waals surface area contributed by atoms with Gasteiger partial charge in [0.05, 0.1) is 0 Å². The zero-order valence-corrected chi connectivity index (χ0v) is 14.7. The van der Waals surface area contributed by atoms with E-state index in [-0.39, 0.29) is 5.91 Å². The van der Waals surface area contributed by atoms with E-state index in [0.717, 1.165) is 30.8 Å². The van der Waals surface area contributed by atoms with E-state index in [1.807, 2.05) is 30.0 Å². The normalized spacial score (nSPS) is 17.6. The molecule has 24 heavy (non-hydrogen) atoms. The monoisotopic (exact) mass is 344 g/mol. The molecule has 0 aliphatic carbocycles. The van der Waals surface area contributed by atoms with E-state index < -0.39 is 0 Å². The lowest BCUT2D eigenvalue weighted by Gasteiger charge is -2.30. The first kappa shape index (κ1) is 16.7. The van der Waals surface area contributed by atoms with E-state index >= 15 is 0 Å². The summed E-state index contributed by atoms with van der Waals surface area (Å²) < 4.78 is 0. The van der Waals surface area contributed by atoms with Gasteiger partial charge in [0.1, 0.15) is 17.8 Å². The van der Waals surface area contributed by atoms with E-state index in [4.69, 9.17) is 11.6 Å². The van der Waals surface area contributed by atoms with E-state index in [0.29, 0.717) is 22.5 Å². The van der Waals surface area contributed by atoms with Gasteiger partial charge in [-0.15, -0.1) is 0 Å². The number of nitrogens with zero attached hydrogens (tertiary/aromatic N) is 3. The van der Waals surface area contributed by atoms with Crippen molar-refractivity contribution in [2.45, 2.75) is 26.7 Å². The van der Waals surface area contributed by atoms with Gasteiger partial charge < -0.3 is 10.2 Å². The molecular weight excluding hydrogens is 324 g/mol. The maximum Gasteiger partial charge on any atom is 0.272 e. The summed E-state index contributed by atoms with van der Waals surface area (Å²) >= 11 is 6.14. The van der Waals surface area contributed by atoms with Crippen molar-refractivity contribution >= 4 is 29.0 Å². The first-order chi connectivity index (χ1) is 11.5. The number of amides is 1. The third kappa shape index (κ3) is 3.85. The highest BCUT2D eigenvalue weighted by Crippen LogP contribution is 2.23. The molecule has 126 valence electrons. The van der Waals surface area contributed by atoms with E-state index in [1.165, 1.54) is 12.7 Å². The molecule has 2 heterocycles. The Morgan fingerprint density at radius 2 is 2.17 bits per heavy atom. The van der Waals surface area contributed by atoms with Gasteiger partial charge in [-0.1, -0.05) is 24.6 Å². The Morgan fingerprint density at radius 3 is 2.92 bits per heavy atom. The Kier molecular flexibility index (Phi) is 5.00. The van der Waals surface area contributed by atoms with Crippen molar-refractivity contribution in [3.05, 3.63) is 46.9 Å². The Bertz CT molecular complexity index is 750. The lowest BCUT2D eigenvalue weighted by Crippen LogP contribution is -2.39. The molecule has 3 rings (SSSR count). The number of anilines is 2. The van der Waals surface area contributed by atoms with Crippen LogP contribution in [0, 0.1) is 12.8 Å². The molecule has 1 unspecified atom stereocenters. The average molecular weight is 345 g/mol. The van der Waals surface area contributed by atoms with Gasteiger partial charge in [0, 0.05) is 29.9 Å². The largest absolute Gasteiger partial charge is 0.340 e. The summed E-state index contributed by atoms with van der Waals surface area (Å²) in [6, 6.07) is 7.40. The maximum absolute atomic E-state index is 12.6. The fourth-order valence-electron chi connectivity index (χ4n) is 2.90. The number of aromatic nitrogens is 2. The first-order valence-electron chi connectivity index (χ1n) is 8.17. The molecular formula is C18H21ClN4O. The van der Waals surface area contributed by atoms with Crippen LogP contribution in [0.5, 0.6) is 0 Å². The van der Waals surface area contributed by atoms with Crippen LogP contribution in [-0.2, 0) is 0 Å². The fourth-order valence-corrected chi connectivity index (χ4v) is 3.08. The second-order valence-corrected chi connectivity index (χ2v) is 6.78. The fraction of sp³-hybridized carbons (Fsp3) is 0.389. The number of rotatable bonds is 3. The van der Waals surface area contributed by atoms with Gasteiger partial charge in [-0.25, -0.2) is 9.97 Å². The third-order valence-corrected chi connectivity index (χ3v) is 4.68. The van der Waals surface area contributed by atoms with Crippen LogP contribution in [0.1, 0.15) is 35.8 Å². The number of piperidine rings is 1. The smallest absolute Gasteiger partial charge is 0.272 e. The number of likely N-dealkylation sites (tertiary alicyclic amines) is 1. The van der Waals surface area contributed by atoms with Gasteiger partial charge in [-0.3, -0.25) is 4.79 Å². The minimum atomic E-state index is -0.0334. The minimum Gasteiger partial charge on any atom is -0.340 e. The van der Waals surface area contributed by atoms with Crippen molar-refractivity contribution in [1.82, 2.24) is 14.9 Å². The lowest BCUT2D eigenvalue weighted by atomic mass is 10.00. The molecule has 1 aliphatic rings. The second-order valence-electron chi connectivity index (χ2n) is 6.38. The molecule has 1 atom stereocenters. The number of carbonyl (C=O) groups is 1. The molecule has 6 heteroatoms. The van der Waals surface area contributed by atoms with Crippen molar-refractivity contribution in [2.24, 2.45) is 5.92 Å². The van der Waals surface area contributed by atoms with Gasteiger partial charge in [0.25, 0.3) is 5.91 Å². The van der Waals surface area contributed by atoms with Crippen LogP contribution in [0.2, 0.25) is 5.02 Å². The van der Waals surface area contributed by atoms with E-state index in [1.54, 1.807) is 6.07 Å². The van der Waals surface area contributed by atoms with Crippen LogP contribution in [0.25, 0.3) is 0 Å². The summed E-state index contributed by atoms with van der Waals surface area (Å²) in [5.74, 6) is 1.09. The van der Waals surface area contributed by atoms with Crippen LogP contribution in [0.3, 0.4) is 0 Å². The molecule has 1 saturated heterocycles. The topological polar surface area (TPSA) is 58.1 Å². The molecule has 0 spiro atoms. The van der Waals surface area contributed by atoms with Crippen molar-refractivity contribution in [3.8, 4) is 0 Å². The molecule has 1 aromatic carbocycles. The lowest BCUT2D eigenvalue weighted by molar-refractivity contribution is 0.0677. The zero-order valence-electron chi connectivity index (χ0n) is 13.9. The van der Waals surface area contributed by atoms with E-state index in [2.05, 4.69) is 22.2 Å². The Balaban J connectivity index is 1.76. The molecule has 5 nitrogen and oxygen atoms in total. The predicted molar refractivity (Wildman–Crippen MR) is 95.8 cm³/mol. The van der Waals surface area contributed by atoms with Crippen molar-refractivity contribution in [3.63, 3.8) is 0 Å².